The van der Waals surface area contributed by atoms with E-state index in [9.17, 15) is 4.79 Å². The second kappa shape index (κ2) is 6.94. The summed E-state index contributed by atoms with van der Waals surface area (Å²) in [5.41, 5.74) is 0.336. The molecule has 0 saturated heterocycles. The molecule has 6 heteroatoms. The molecule has 0 spiro atoms. The molecule has 2 rings (SSSR count). The van der Waals surface area contributed by atoms with Crippen molar-refractivity contribution in [1.82, 2.24) is 4.98 Å². The lowest BCUT2D eigenvalue weighted by molar-refractivity contribution is 0.0550. The first kappa shape index (κ1) is 14.4. The monoisotopic (exact) mass is 304 g/mol. The first-order valence-corrected chi connectivity index (χ1v) is 6.82. The summed E-state index contributed by atoms with van der Waals surface area (Å²) in [4.78, 5) is 16.9. The predicted octanol–water partition coefficient (Wildman–Crippen LogP) is 3.57. The van der Waals surface area contributed by atoms with E-state index in [-0.39, 0.29) is 6.61 Å². The van der Waals surface area contributed by atoms with Crippen LogP contribution in [-0.2, 0) is 4.74 Å². The number of hydrogen-bond acceptors (Lipinski definition) is 5. The Bertz CT molecular complexity index is 653. The van der Waals surface area contributed by atoms with Crippen LogP contribution in [0, 0.1) is 11.3 Å². The summed E-state index contributed by atoms with van der Waals surface area (Å²) in [6.45, 7) is -0.279. The van der Waals surface area contributed by atoms with Crippen LogP contribution in [-0.4, -0.2) is 17.6 Å². The van der Waals surface area contributed by atoms with Gasteiger partial charge in [0.05, 0.1) is 5.56 Å². The molecule has 1 heterocycles. The van der Waals surface area contributed by atoms with E-state index in [1.807, 2.05) is 12.1 Å². The minimum Gasteiger partial charge on any atom is -0.447 e. The third-order valence-corrected chi connectivity index (χ3v) is 3.57. The minimum atomic E-state index is -0.559. The number of carbonyl (C=O) groups is 1. The van der Waals surface area contributed by atoms with Gasteiger partial charge in [-0.05, 0) is 36.4 Å². The quantitative estimate of drug-likeness (QED) is 0.808. The number of hydrogen-bond donors (Lipinski definition) is 0. The Morgan fingerprint density at radius 3 is 2.80 bits per heavy atom. The number of carbonyl (C=O) groups excluding carboxylic acids is 1. The molecule has 4 nitrogen and oxygen atoms in total. The van der Waals surface area contributed by atoms with Crippen molar-refractivity contribution in [1.29, 1.82) is 5.26 Å². The molecule has 0 aliphatic carbocycles. The zero-order chi connectivity index (χ0) is 14.4. The van der Waals surface area contributed by atoms with E-state index >= 15 is 0 Å². The van der Waals surface area contributed by atoms with Gasteiger partial charge < -0.3 is 4.74 Å². The van der Waals surface area contributed by atoms with Gasteiger partial charge >= 0.3 is 5.97 Å². The predicted molar refractivity (Wildman–Crippen MR) is 75.7 cm³/mol. The zero-order valence-electron chi connectivity index (χ0n) is 10.2. The van der Waals surface area contributed by atoms with Gasteiger partial charge in [-0.3, -0.25) is 0 Å². The molecule has 0 saturated carbocycles. The van der Waals surface area contributed by atoms with E-state index in [4.69, 9.17) is 21.6 Å². The van der Waals surface area contributed by atoms with Gasteiger partial charge in [0.2, 0.25) is 0 Å². The maximum absolute atomic E-state index is 11.8. The second-order valence-electron chi connectivity index (χ2n) is 3.65. The van der Waals surface area contributed by atoms with Crippen LogP contribution in [0.3, 0.4) is 0 Å². The Morgan fingerprint density at radius 2 is 2.10 bits per heavy atom. The van der Waals surface area contributed by atoms with Crippen molar-refractivity contribution in [2.24, 2.45) is 0 Å². The number of pyridine rings is 1. The molecule has 100 valence electrons. The molecular formula is C14H9ClN2O2S. The molecule has 0 N–H and O–H groups in total. The summed E-state index contributed by atoms with van der Waals surface area (Å²) >= 11 is 7.16. The lowest BCUT2D eigenvalue weighted by atomic mass is 10.3. The molecule has 0 fully saturated rings. The topological polar surface area (TPSA) is 63.0 Å². The van der Waals surface area contributed by atoms with Crippen LogP contribution in [0.1, 0.15) is 10.4 Å². The van der Waals surface area contributed by atoms with Crippen LogP contribution in [0.25, 0.3) is 0 Å². The van der Waals surface area contributed by atoms with Gasteiger partial charge in [-0.25, -0.2) is 9.78 Å². The van der Waals surface area contributed by atoms with Crippen LogP contribution >= 0.6 is 23.4 Å². The van der Waals surface area contributed by atoms with Crippen LogP contribution in [0.5, 0.6) is 0 Å². The molecule has 1 aromatic carbocycles. The number of benzene rings is 1. The highest BCUT2D eigenvalue weighted by atomic mass is 35.5. The smallest absolute Gasteiger partial charge is 0.341 e. The number of aromatic nitrogens is 1. The lowest BCUT2D eigenvalue weighted by Crippen LogP contribution is -2.07. The second-order valence-corrected chi connectivity index (χ2v) is 5.15. The minimum absolute atomic E-state index is 0.279. The average molecular weight is 305 g/mol. The highest BCUT2D eigenvalue weighted by molar-refractivity contribution is 7.99. The lowest BCUT2D eigenvalue weighted by Gasteiger charge is -2.06. The van der Waals surface area contributed by atoms with Crippen LogP contribution in [0.2, 0.25) is 5.02 Å². The average Bonchev–Trinajstić information content (AvgIpc) is 2.48. The van der Waals surface area contributed by atoms with Crippen LogP contribution in [0.15, 0.2) is 52.5 Å². The van der Waals surface area contributed by atoms with Gasteiger partial charge in [-0.2, -0.15) is 5.26 Å². The molecule has 0 unspecified atom stereocenters. The third-order valence-electron chi connectivity index (χ3n) is 2.29. The Kier molecular flexibility index (Phi) is 4.99. The van der Waals surface area contributed by atoms with Crippen molar-refractivity contribution in [3.63, 3.8) is 0 Å². The summed E-state index contributed by atoms with van der Waals surface area (Å²) < 4.78 is 4.80. The fourth-order valence-corrected chi connectivity index (χ4v) is 2.41. The fourth-order valence-electron chi connectivity index (χ4n) is 1.42. The maximum atomic E-state index is 11.8. The summed E-state index contributed by atoms with van der Waals surface area (Å²) in [6.07, 6.45) is 1.60. The Balaban J connectivity index is 2.21. The van der Waals surface area contributed by atoms with E-state index in [2.05, 4.69) is 4.98 Å². The van der Waals surface area contributed by atoms with E-state index in [0.717, 1.165) is 4.90 Å². The maximum Gasteiger partial charge on any atom is 0.341 e. The van der Waals surface area contributed by atoms with Crippen molar-refractivity contribution < 1.29 is 9.53 Å². The van der Waals surface area contributed by atoms with Gasteiger partial charge in [-0.1, -0.05) is 23.4 Å². The number of ether oxygens (including phenoxy) is 1. The van der Waals surface area contributed by atoms with E-state index < -0.39 is 5.97 Å². The molecule has 0 aliphatic rings. The number of nitriles is 1. The Morgan fingerprint density at radius 1 is 1.35 bits per heavy atom. The Labute approximate surface area is 125 Å². The number of rotatable bonds is 4. The van der Waals surface area contributed by atoms with Crippen molar-refractivity contribution in [2.45, 2.75) is 9.92 Å². The van der Waals surface area contributed by atoms with E-state index in [0.29, 0.717) is 15.6 Å². The number of halogens is 1. The van der Waals surface area contributed by atoms with Crippen molar-refractivity contribution in [3.8, 4) is 6.07 Å². The van der Waals surface area contributed by atoms with Crippen molar-refractivity contribution in [2.75, 3.05) is 6.61 Å². The molecule has 1 aromatic heterocycles. The van der Waals surface area contributed by atoms with Gasteiger partial charge in [-0.15, -0.1) is 0 Å². The van der Waals surface area contributed by atoms with Gasteiger partial charge in [0.1, 0.15) is 11.1 Å². The molecule has 0 bridgehead atoms. The molecule has 0 radical (unpaired) electrons. The van der Waals surface area contributed by atoms with Gasteiger partial charge in [0, 0.05) is 16.1 Å². The van der Waals surface area contributed by atoms with E-state index in [1.165, 1.54) is 11.8 Å². The summed E-state index contributed by atoms with van der Waals surface area (Å²) in [5, 5.41) is 9.60. The molecular weight excluding hydrogens is 296 g/mol. The highest BCUT2D eigenvalue weighted by Crippen LogP contribution is 2.29. The molecule has 0 atom stereocenters. The highest BCUT2D eigenvalue weighted by Gasteiger charge is 2.14. The molecule has 2 aromatic rings. The first-order chi connectivity index (χ1) is 9.70. The SMILES string of the molecule is N#CCOC(=O)c1cccnc1Sc1ccc(Cl)cc1. The van der Waals surface area contributed by atoms with Crippen molar-refractivity contribution >= 4 is 29.3 Å². The zero-order valence-corrected chi connectivity index (χ0v) is 11.8. The molecule has 0 amide bonds. The molecule has 20 heavy (non-hydrogen) atoms. The third kappa shape index (κ3) is 3.73. The van der Waals surface area contributed by atoms with Gasteiger partial charge in [0.25, 0.3) is 0 Å². The first-order valence-electron chi connectivity index (χ1n) is 5.63. The Hall–Kier alpha value is -2.03. The normalized spacial score (nSPS) is 9.80. The van der Waals surface area contributed by atoms with E-state index in [1.54, 1.807) is 36.5 Å². The summed E-state index contributed by atoms with van der Waals surface area (Å²) in [7, 11) is 0. The molecule has 0 aliphatic heterocycles. The van der Waals surface area contributed by atoms with Crippen molar-refractivity contribution in [3.05, 3.63) is 53.2 Å². The summed E-state index contributed by atoms with van der Waals surface area (Å²) in [5.74, 6) is -0.559. The standard InChI is InChI=1S/C14H9ClN2O2S/c15-10-3-5-11(6-4-10)20-13-12(2-1-8-17-13)14(18)19-9-7-16/h1-6,8H,9H2. The largest absolute Gasteiger partial charge is 0.447 e. The number of esters is 1. The van der Waals surface area contributed by atoms with Crippen LogP contribution in [0.4, 0.5) is 0 Å². The fraction of sp³-hybridized carbons (Fsp3) is 0.0714. The van der Waals surface area contributed by atoms with Gasteiger partial charge in [0.15, 0.2) is 6.61 Å². The number of nitrogens with zero attached hydrogens (tertiary/aromatic N) is 2. The summed E-state index contributed by atoms with van der Waals surface area (Å²) in [6, 6.07) is 12.2. The van der Waals surface area contributed by atoms with Crippen LogP contribution < -0.4 is 0 Å².